The molecule has 1 aromatic carbocycles. The number of anilines is 1. The minimum atomic E-state index is -4.25. The van der Waals surface area contributed by atoms with E-state index >= 15 is 0 Å². The van der Waals surface area contributed by atoms with Crippen molar-refractivity contribution in [2.75, 3.05) is 11.6 Å². The Kier molecular flexibility index (Phi) is 14.0. The van der Waals surface area contributed by atoms with Crippen molar-refractivity contribution < 1.29 is 17.8 Å². The lowest BCUT2D eigenvalue weighted by Crippen LogP contribution is -2.35. The highest BCUT2D eigenvalue weighted by atomic mass is 32.2. The number of hydrazine groups is 1. The molecule has 1 aromatic rings. The van der Waals surface area contributed by atoms with E-state index in [0.717, 1.165) is 12.8 Å². The van der Waals surface area contributed by atoms with E-state index in [0.29, 0.717) is 18.1 Å². The molecule has 0 bridgehead atoms. The Hall–Kier alpha value is -1.93. The van der Waals surface area contributed by atoms with Crippen LogP contribution in [0.3, 0.4) is 0 Å². The average molecular weight is 508 g/mol. The molecule has 8 heteroatoms. The third-order valence-electron chi connectivity index (χ3n) is 6.52. The molecular formula is C27H45N3O4S. The van der Waals surface area contributed by atoms with Gasteiger partial charge in [0.2, 0.25) is 0 Å². The first-order chi connectivity index (χ1) is 16.9. The van der Waals surface area contributed by atoms with Crippen LogP contribution in [0.2, 0.25) is 0 Å². The maximum absolute atomic E-state index is 12.3. The highest BCUT2D eigenvalue weighted by Crippen LogP contribution is 2.20. The summed E-state index contributed by atoms with van der Waals surface area (Å²) >= 11 is 0. The van der Waals surface area contributed by atoms with Crippen molar-refractivity contribution in [2.45, 2.75) is 121 Å². The van der Waals surface area contributed by atoms with Gasteiger partial charge in [0.15, 0.2) is 0 Å². The Morgan fingerprint density at radius 2 is 1.26 bits per heavy atom. The number of carbonyl (C=O) groups is 1. The van der Waals surface area contributed by atoms with Crippen LogP contribution in [0.15, 0.2) is 34.2 Å². The van der Waals surface area contributed by atoms with Crippen LogP contribution in [-0.4, -0.2) is 31.3 Å². The van der Waals surface area contributed by atoms with E-state index in [1.807, 2.05) is 0 Å². The molecule has 0 radical (unpaired) electrons. The number of benzene rings is 1. The number of amides is 1. The molecule has 198 valence electrons. The normalized spacial score (nSPS) is 15.2. The van der Waals surface area contributed by atoms with Crippen LogP contribution < -0.4 is 10.4 Å². The van der Waals surface area contributed by atoms with Crippen LogP contribution in [0.1, 0.15) is 116 Å². The van der Waals surface area contributed by atoms with Gasteiger partial charge in [-0.05, 0) is 30.7 Å². The summed E-state index contributed by atoms with van der Waals surface area (Å²) in [6, 6.07) is 5.50. The van der Waals surface area contributed by atoms with Gasteiger partial charge in [0, 0.05) is 6.54 Å². The van der Waals surface area contributed by atoms with Crippen molar-refractivity contribution in [3.63, 3.8) is 0 Å². The van der Waals surface area contributed by atoms with Gasteiger partial charge in [-0.1, -0.05) is 103 Å². The quantitative estimate of drug-likeness (QED) is 0.158. The summed E-state index contributed by atoms with van der Waals surface area (Å²) in [5.74, 6) is 0.491. The summed E-state index contributed by atoms with van der Waals surface area (Å²) in [7, 11) is -4.25. The topological polar surface area (TPSA) is 99.1 Å². The number of aliphatic imine (C=N–C) groups is 1. The van der Waals surface area contributed by atoms with E-state index in [2.05, 4.69) is 17.3 Å². The lowest BCUT2D eigenvalue weighted by Gasteiger charge is -2.16. The van der Waals surface area contributed by atoms with Gasteiger partial charge in [-0.15, -0.1) is 0 Å². The fourth-order valence-corrected chi connectivity index (χ4v) is 4.87. The molecule has 1 fully saturated rings. The standard InChI is InChI=1S/C27H45N3O4S/c1-2-3-4-5-6-7-8-9-10-11-12-13-14-15-16-17-22-28-26-23-27(31)30(29-26)24-18-20-25(21-19-24)35(32,33)34/h18-21H,2-17,22-23H2,1H3,(H,28,29)(H,32,33,34). The second kappa shape index (κ2) is 16.7. The molecule has 0 saturated carbocycles. The first kappa shape index (κ1) is 29.3. The number of carbonyl (C=O) groups excluding carboxylic acids is 1. The average Bonchev–Trinajstić information content (AvgIpc) is 3.21. The van der Waals surface area contributed by atoms with Crippen molar-refractivity contribution in [1.82, 2.24) is 5.43 Å². The Morgan fingerprint density at radius 1 is 0.800 bits per heavy atom. The monoisotopic (exact) mass is 507 g/mol. The molecule has 1 saturated heterocycles. The predicted molar refractivity (Wildman–Crippen MR) is 143 cm³/mol. The molecule has 0 aliphatic carbocycles. The Morgan fingerprint density at radius 3 is 1.71 bits per heavy atom. The van der Waals surface area contributed by atoms with Gasteiger partial charge in [0.1, 0.15) is 5.84 Å². The summed E-state index contributed by atoms with van der Waals surface area (Å²) in [6.07, 6.45) is 21.6. The second-order valence-electron chi connectivity index (χ2n) is 9.62. The number of nitrogens with one attached hydrogen (secondary N) is 1. The summed E-state index contributed by atoms with van der Waals surface area (Å²) < 4.78 is 31.4. The van der Waals surface area contributed by atoms with Gasteiger partial charge < -0.3 is 0 Å². The zero-order chi connectivity index (χ0) is 25.4. The highest BCUT2D eigenvalue weighted by molar-refractivity contribution is 7.85. The van der Waals surface area contributed by atoms with E-state index in [1.54, 1.807) is 0 Å². The number of hydrogen-bond acceptors (Lipinski definition) is 4. The molecule has 2 rings (SSSR count). The molecule has 0 unspecified atom stereocenters. The van der Waals surface area contributed by atoms with Crippen molar-refractivity contribution in [3.8, 4) is 0 Å². The smallest absolute Gasteiger partial charge is 0.282 e. The van der Waals surface area contributed by atoms with Gasteiger partial charge in [0.05, 0.1) is 17.0 Å². The second-order valence-corrected chi connectivity index (χ2v) is 11.0. The molecular weight excluding hydrogens is 462 g/mol. The lowest BCUT2D eigenvalue weighted by molar-refractivity contribution is -0.116. The third kappa shape index (κ3) is 12.0. The molecule has 0 aromatic heterocycles. The third-order valence-corrected chi connectivity index (χ3v) is 7.38. The fourth-order valence-electron chi connectivity index (χ4n) is 4.39. The van der Waals surface area contributed by atoms with Crippen molar-refractivity contribution in [3.05, 3.63) is 24.3 Å². The van der Waals surface area contributed by atoms with Crippen molar-refractivity contribution >= 4 is 27.5 Å². The summed E-state index contributed by atoms with van der Waals surface area (Å²) in [4.78, 5) is 16.6. The predicted octanol–water partition coefficient (Wildman–Crippen LogP) is 6.83. The number of amidine groups is 1. The summed E-state index contributed by atoms with van der Waals surface area (Å²) in [5, 5.41) is 1.36. The van der Waals surface area contributed by atoms with Crippen LogP contribution in [0.25, 0.3) is 0 Å². The van der Waals surface area contributed by atoms with E-state index in [-0.39, 0.29) is 17.2 Å². The van der Waals surface area contributed by atoms with Crippen molar-refractivity contribution in [1.29, 1.82) is 0 Å². The zero-order valence-electron chi connectivity index (χ0n) is 21.5. The highest BCUT2D eigenvalue weighted by Gasteiger charge is 2.26. The SMILES string of the molecule is CCCCCCCCCCCCCCCCCCN=C1CC(=O)N(c2ccc(S(=O)(=O)O)cc2)N1. The van der Waals surface area contributed by atoms with Gasteiger partial charge in [-0.2, -0.15) is 8.42 Å². The van der Waals surface area contributed by atoms with E-state index in [1.165, 1.54) is 119 Å². The Labute approximate surface area is 212 Å². The minimum absolute atomic E-state index is 0.143. The summed E-state index contributed by atoms with van der Waals surface area (Å²) in [5.41, 5.74) is 3.50. The fraction of sp³-hybridized carbons (Fsp3) is 0.704. The molecule has 1 amide bonds. The van der Waals surface area contributed by atoms with E-state index < -0.39 is 10.1 Å². The number of nitrogens with zero attached hydrogens (tertiary/aromatic N) is 2. The van der Waals surface area contributed by atoms with Crippen LogP contribution in [0.4, 0.5) is 5.69 Å². The first-order valence-corrected chi connectivity index (χ1v) is 15.1. The minimum Gasteiger partial charge on any atom is -0.282 e. The van der Waals surface area contributed by atoms with Gasteiger partial charge in [0.25, 0.3) is 16.0 Å². The number of unbranched alkanes of at least 4 members (excludes halogenated alkanes) is 15. The van der Waals surface area contributed by atoms with Crippen LogP contribution in [0, 0.1) is 0 Å². The molecule has 0 atom stereocenters. The first-order valence-electron chi connectivity index (χ1n) is 13.6. The number of rotatable bonds is 19. The molecule has 1 heterocycles. The maximum Gasteiger partial charge on any atom is 0.294 e. The maximum atomic E-state index is 12.3. The van der Waals surface area contributed by atoms with Crippen LogP contribution in [0.5, 0.6) is 0 Å². The van der Waals surface area contributed by atoms with Gasteiger partial charge in [-0.3, -0.25) is 19.8 Å². The lowest BCUT2D eigenvalue weighted by atomic mass is 10.0. The van der Waals surface area contributed by atoms with E-state index in [4.69, 9.17) is 4.55 Å². The zero-order valence-corrected chi connectivity index (χ0v) is 22.3. The Bertz CT molecular complexity index is 869. The van der Waals surface area contributed by atoms with Crippen molar-refractivity contribution in [2.24, 2.45) is 4.99 Å². The molecule has 0 spiro atoms. The molecule has 2 N–H and O–H groups in total. The van der Waals surface area contributed by atoms with E-state index in [9.17, 15) is 13.2 Å². The molecule has 1 aliphatic rings. The van der Waals surface area contributed by atoms with Crippen LogP contribution in [-0.2, 0) is 14.9 Å². The van der Waals surface area contributed by atoms with Gasteiger partial charge in [-0.25, -0.2) is 5.01 Å². The Balaban J connectivity index is 1.47. The van der Waals surface area contributed by atoms with Crippen LogP contribution >= 0.6 is 0 Å². The molecule has 7 nitrogen and oxygen atoms in total. The molecule has 1 aliphatic heterocycles. The number of hydrogen-bond donors (Lipinski definition) is 2. The largest absolute Gasteiger partial charge is 0.294 e. The molecule has 35 heavy (non-hydrogen) atoms. The summed E-state index contributed by atoms with van der Waals surface area (Å²) in [6.45, 7) is 2.97. The van der Waals surface area contributed by atoms with Gasteiger partial charge >= 0.3 is 0 Å².